The molecule has 0 heterocycles. The van der Waals surface area contributed by atoms with Crippen molar-refractivity contribution in [1.82, 2.24) is 10.6 Å². The van der Waals surface area contributed by atoms with Crippen LogP contribution in [0.15, 0.2) is 0 Å². The molecule has 76 valence electrons. The quantitative estimate of drug-likeness (QED) is 0.505. The van der Waals surface area contributed by atoms with Gasteiger partial charge in [-0.25, -0.2) is 4.79 Å². The minimum atomic E-state index is -0.799. The summed E-state index contributed by atoms with van der Waals surface area (Å²) in [5, 5.41) is 13.6. The van der Waals surface area contributed by atoms with Gasteiger partial charge in [0.15, 0.2) is 0 Å². The number of hydrogen-bond acceptors (Lipinski definition) is 3. The predicted octanol–water partition coefficient (Wildman–Crippen LogP) is -0.925. The Morgan fingerprint density at radius 1 is 1.36 bits per heavy atom. The molecule has 1 aliphatic carbocycles. The molecule has 1 saturated carbocycles. The third-order valence-corrected chi connectivity index (χ3v) is 2.11. The number of rotatable bonds is 4. The number of nitrogens with zero attached hydrogens (tertiary/aromatic N) is 1. The van der Waals surface area contributed by atoms with E-state index in [0.29, 0.717) is 19.4 Å². The van der Waals surface area contributed by atoms with Crippen LogP contribution in [0.2, 0.25) is 0 Å². The van der Waals surface area contributed by atoms with Crippen LogP contribution in [0, 0.1) is 16.7 Å². The summed E-state index contributed by atoms with van der Waals surface area (Å²) in [4.78, 5) is 21.6. The van der Waals surface area contributed by atoms with Crippen LogP contribution in [0.25, 0.3) is 0 Å². The molecular weight excluding hydrogens is 184 g/mol. The Balaban J connectivity index is 2.17. The van der Waals surface area contributed by atoms with E-state index in [1.807, 2.05) is 6.07 Å². The fourth-order valence-corrected chi connectivity index (χ4v) is 1.05. The summed E-state index contributed by atoms with van der Waals surface area (Å²) in [6.45, 7) is 0.577. The lowest BCUT2D eigenvalue weighted by Crippen LogP contribution is -2.39. The molecule has 0 aromatic heterocycles. The van der Waals surface area contributed by atoms with Crippen molar-refractivity contribution in [3.63, 3.8) is 0 Å². The van der Waals surface area contributed by atoms with Gasteiger partial charge in [0.05, 0.1) is 6.07 Å². The number of hydrogen-bond donors (Lipinski definition) is 3. The Labute approximate surface area is 81.4 Å². The van der Waals surface area contributed by atoms with Crippen LogP contribution in [-0.2, 0) is 4.79 Å². The fraction of sp³-hybridized carbons (Fsp3) is 0.625. The summed E-state index contributed by atoms with van der Waals surface area (Å²) in [6.07, 6.45) is 1.25. The molecule has 0 radical (unpaired) electrons. The number of nitrogens with two attached hydrogens (primary N) is 1. The smallest absolute Gasteiger partial charge is 0.312 e. The molecule has 1 fully saturated rings. The van der Waals surface area contributed by atoms with Crippen molar-refractivity contribution >= 4 is 11.9 Å². The third kappa shape index (κ3) is 2.36. The number of carbonyl (C=O) groups excluding carboxylic acids is 2. The van der Waals surface area contributed by atoms with Crippen molar-refractivity contribution in [3.8, 4) is 6.07 Å². The fourth-order valence-electron chi connectivity index (χ4n) is 1.05. The van der Waals surface area contributed by atoms with E-state index >= 15 is 0 Å². The third-order valence-electron chi connectivity index (χ3n) is 2.11. The molecule has 3 amide bonds. The van der Waals surface area contributed by atoms with Gasteiger partial charge in [-0.15, -0.1) is 0 Å². The second-order valence-electron chi connectivity index (χ2n) is 3.24. The number of primary amides is 1. The highest BCUT2D eigenvalue weighted by Crippen LogP contribution is 2.44. The van der Waals surface area contributed by atoms with E-state index in [9.17, 15) is 9.59 Å². The van der Waals surface area contributed by atoms with E-state index in [-0.39, 0.29) is 12.5 Å². The SMILES string of the molecule is N#CC1(C(=O)NCCNC(N)=O)CC1. The van der Waals surface area contributed by atoms with Crippen LogP contribution in [0.1, 0.15) is 12.8 Å². The van der Waals surface area contributed by atoms with Gasteiger partial charge < -0.3 is 16.4 Å². The highest BCUT2D eigenvalue weighted by molar-refractivity contribution is 5.88. The standard InChI is InChI=1S/C8H12N4O2/c9-5-8(1-2-8)6(13)11-3-4-12-7(10)14/h1-4H2,(H,11,13)(H3,10,12,14). The van der Waals surface area contributed by atoms with Crippen molar-refractivity contribution in [1.29, 1.82) is 5.26 Å². The van der Waals surface area contributed by atoms with Crippen LogP contribution >= 0.6 is 0 Å². The first-order chi connectivity index (χ1) is 6.60. The molecule has 6 heteroatoms. The van der Waals surface area contributed by atoms with Crippen molar-refractivity contribution in [2.75, 3.05) is 13.1 Å². The molecule has 0 aromatic carbocycles. The van der Waals surface area contributed by atoms with E-state index in [1.165, 1.54) is 0 Å². The molecule has 0 bridgehead atoms. The molecule has 0 atom stereocenters. The lowest BCUT2D eigenvalue weighted by atomic mass is 10.1. The average Bonchev–Trinajstić information content (AvgIpc) is 2.92. The van der Waals surface area contributed by atoms with Crippen molar-refractivity contribution in [2.24, 2.45) is 11.1 Å². The lowest BCUT2D eigenvalue weighted by Gasteiger charge is -2.07. The summed E-state index contributed by atoms with van der Waals surface area (Å²) in [6, 6.07) is 1.35. The van der Waals surface area contributed by atoms with Crippen LogP contribution in [0.3, 0.4) is 0 Å². The van der Waals surface area contributed by atoms with Crippen LogP contribution in [-0.4, -0.2) is 25.0 Å². The molecule has 4 N–H and O–H groups in total. The Morgan fingerprint density at radius 2 is 1.93 bits per heavy atom. The highest BCUT2D eigenvalue weighted by Gasteiger charge is 2.50. The predicted molar refractivity (Wildman–Crippen MR) is 47.9 cm³/mol. The minimum absolute atomic E-state index is 0.258. The Kier molecular flexibility index (Phi) is 2.92. The van der Waals surface area contributed by atoms with E-state index in [0.717, 1.165) is 0 Å². The molecule has 1 aliphatic rings. The van der Waals surface area contributed by atoms with Crippen LogP contribution < -0.4 is 16.4 Å². The van der Waals surface area contributed by atoms with Gasteiger partial charge in [-0.1, -0.05) is 0 Å². The van der Waals surface area contributed by atoms with Gasteiger partial charge >= 0.3 is 6.03 Å². The molecule has 14 heavy (non-hydrogen) atoms. The summed E-state index contributed by atoms with van der Waals surface area (Å²) >= 11 is 0. The van der Waals surface area contributed by atoms with Crippen LogP contribution in [0.4, 0.5) is 4.79 Å². The lowest BCUT2D eigenvalue weighted by molar-refractivity contribution is -0.124. The number of carbonyl (C=O) groups is 2. The topological polar surface area (TPSA) is 108 Å². The molecule has 1 rings (SSSR count). The molecular formula is C8H12N4O2. The highest BCUT2D eigenvalue weighted by atomic mass is 16.2. The first-order valence-electron chi connectivity index (χ1n) is 4.33. The largest absolute Gasteiger partial charge is 0.353 e. The summed E-state index contributed by atoms with van der Waals surface area (Å²) < 4.78 is 0. The van der Waals surface area contributed by atoms with E-state index in [4.69, 9.17) is 11.0 Å². The Hall–Kier alpha value is -1.77. The second-order valence-corrected chi connectivity index (χ2v) is 3.24. The van der Waals surface area contributed by atoms with Gasteiger partial charge in [0.2, 0.25) is 5.91 Å². The van der Waals surface area contributed by atoms with E-state index in [2.05, 4.69) is 10.6 Å². The number of amides is 3. The maximum absolute atomic E-state index is 11.3. The molecule has 0 unspecified atom stereocenters. The first kappa shape index (κ1) is 10.3. The second kappa shape index (κ2) is 3.96. The zero-order valence-corrected chi connectivity index (χ0v) is 7.67. The molecule has 0 spiro atoms. The van der Waals surface area contributed by atoms with Crippen LogP contribution in [0.5, 0.6) is 0 Å². The monoisotopic (exact) mass is 196 g/mol. The summed E-state index contributed by atoms with van der Waals surface area (Å²) in [5.74, 6) is -0.258. The Bertz CT molecular complexity index is 290. The van der Waals surface area contributed by atoms with Gasteiger partial charge in [-0.05, 0) is 12.8 Å². The van der Waals surface area contributed by atoms with Gasteiger partial charge in [0.1, 0.15) is 5.41 Å². The molecule has 0 aromatic rings. The average molecular weight is 196 g/mol. The molecule has 0 saturated heterocycles. The summed E-state index contributed by atoms with van der Waals surface area (Å²) in [5.41, 5.74) is 4.02. The maximum atomic E-state index is 11.3. The number of urea groups is 1. The van der Waals surface area contributed by atoms with Gasteiger partial charge in [-0.3, -0.25) is 4.79 Å². The Morgan fingerprint density at radius 3 is 2.36 bits per heavy atom. The van der Waals surface area contributed by atoms with Gasteiger partial charge in [0.25, 0.3) is 0 Å². The molecule has 6 nitrogen and oxygen atoms in total. The van der Waals surface area contributed by atoms with E-state index in [1.54, 1.807) is 0 Å². The van der Waals surface area contributed by atoms with Gasteiger partial charge in [-0.2, -0.15) is 5.26 Å². The maximum Gasteiger partial charge on any atom is 0.312 e. The van der Waals surface area contributed by atoms with Crippen molar-refractivity contribution in [2.45, 2.75) is 12.8 Å². The van der Waals surface area contributed by atoms with Gasteiger partial charge in [0, 0.05) is 13.1 Å². The minimum Gasteiger partial charge on any atom is -0.353 e. The normalized spacial score (nSPS) is 16.5. The zero-order chi connectivity index (χ0) is 10.6. The molecule has 0 aliphatic heterocycles. The first-order valence-corrected chi connectivity index (χ1v) is 4.33. The number of nitriles is 1. The summed E-state index contributed by atoms with van der Waals surface area (Å²) in [7, 11) is 0. The van der Waals surface area contributed by atoms with Crippen molar-refractivity contribution in [3.05, 3.63) is 0 Å². The van der Waals surface area contributed by atoms with E-state index < -0.39 is 11.4 Å². The number of nitrogens with one attached hydrogen (secondary N) is 2. The zero-order valence-electron chi connectivity index (χ0n) is 7.67. The van der Waals surface area contributed by atoms with Crippen molar-refractivity contribution < 1.29 is 9.59 Å².